The number of aryl methyl sites for hydroxylation is 2. The Hall–Kier alpha value is -1.29. The van der Waals surface area contributed by atoms with Gasteiger partial charge in [0.2, 0.25) is 10.4 Å². The molecule has 1 aromatic rings. The first kappa shape index (κ1) is 24.7. The highest BCUT2D eigenvalue weighted by Crippen LogP contribution is 2.26. The van der Waals surface area contributed by atoms with Crippen molar-refractivity contribution in [2.24, 2.45) is 0 Å². The van der Waals surface area contributed by atoms with E-state index in [9.17, 15) is 17.8 Å². The van der Waals surface area contributed by atoms with Crippen molar-refractivity contribution < 1.29 is 26.7 Å². The number of rotatable bonds is 7. The van der Waals surface area contributed by atoms with E-state index in [1.165, 1.54) is 10.5 Å². The summed E-state index contributed by atoms with van der Waals surface area (Å²) in [6, 6.07) is 4.08. The SMILES string of the molecule is CCCCCNC(=O)Oc1cc(C)c([S+](C)C)cc1C.COS(=O)(=O)[O-]. The van der Waals surface area contributed by atoms with Crippen molar-refractivity contribution in [1.29, 1.82) is 0 Å². The Bertz CT molecular complexity index is 674. The summed E-state index contributed by atoms with van der Waals surface area (Å²) in [6.07, 6.45) is 7.31. The van der Waals surface area contributed by atoms with Gasteiger partial charge in [-0.05, 0) is 31.9 Å². The summed E-state index contributed by atoms with van der Waals surface area (Å²) in [4.78, 5) is 13.1. The van der Waals surface area contributed by atoms with Gasteiger partial charge in [0.15, 0.2) is 4.90 Å². The molecule has 1 amide bonds. The molecule has 1 aromatic carbocycles. The fraction of sp³-hybridized carbons (Fsp3) is 0.588. The van der Waals surface area contributed by atoms with Gasteiger partial charge >= 0.3 is 6.09 Å². The van der Waals surface area contributed by atoms with Crippen molar-refractivity contribution in [2.75, 3.05) is 26.2 Å². The molecule has 0 aliphatic heterocycles. The summed E-state index contributed by atoms with van der Waals surface area (Å²) in [5, 5.41) is 2.79. The van der Waals surface area contributed by atoms with Crippen LogP contribution in [0.4, 0.5) is 4.79 Å². The second-order valence-corrected chi connectivity index (χ2v) is 9.02. The highest BCUT2D eigenvalue weighted by Gasteiger charge is 2.16. The van der Waals surface area contributed by atoms with Crippen molar-refractivity contribution in [2.45, 2.75) is 44.9 Å². The number of hydrogen-bond donors (Lipinski definition) is 1. The molecule has 1 rings (SSSR count). The molecule has 9 heteroatoms. The van der Waals surface area contributed by atoms with Gasteiger partial charge in [0, 0.05) is 29.1 Å². The maximum absolute atomic E-state index is 11.7. The molecule has 0 aliphatic carbocycles. The van der Waals surface area contributed by atoms with Crippen molar-refractivity contribution >= 4 is 27.4 Å². The van der Waals surface area contributed by atoms with Crippen LogP contribution in [0.5, 0.6) is 5.75 Å². The minimum atomic E-state index is -4.41. The van der Waals surface area contributed by atoms with E-state index >= 15 is 0 Å². The van der Waals surface area contributed by atoms with Crippen LogP contribution in [-0.2, 0) is 25.5 Å². The lowest BCUT2D eigenvalue weighted by Gasteiger charge is -2.11. The number of unbranched alkanes of at least 4 members (excludes halogenated alkanes) is 2. The number of amides is 1. The van der Waals surface area contributed by atoms with Crippen LogP contribution in [0.2, 0.25) is 0 Å². The number of carbonyl (C=O) groups is 1. The third kappa shape index (κ3) is 10.6. The lowest BCUT2D eigenvalue weighted by atomic mass is 10.1. The molecule has 26 heavy (non-hydrogen) atoms. The topological polar surface area (TPSA) is 105 Å². The van der Waals surface area contributed by atoms with E-state index in [1.54, 1.807) is 0 Å². The van der Waals surface area contributed by atoms with Gasteiger partial charge in [-0.15, -0.1) is 0 Å². The molecule has 0 radical (unpaired) electrons. The Morgan fingerprint density at radius 1 is 1.19 bits per heavy atom. The van der Waals surface area contributed by atoms with E-state index < -0.39 is 10.4 Å². The standard InChI is InChI=1S/C16H25NO2S.CH4O4S/c1-6-7-8-9-17-16(18)19-14-10-13(3)15(20(4)5)11-12(14)2;1-5-6(2,3)4/h10-11H,6-9H2,1-5H3;1H3,(H,2,3,4). The third-order valence-electron chi connectivity index (χ3n) is 3.37. The zero-order valence-electron chi connectivity index (χ0n) is 16.2. The van der Waals surface area contributed by atoms with Gasteiger partial charge in [0.25, 0.3) is 0 Å². The van der Waals surface area contributed by atoms with Crippen molar-refractivity contribution in [3.63, 3.8) is 0 Å². The fourth-order valence-electron chi connectivity index (χ4n) is 2.01. The smallest absolute Gasteiger partial charge is 0.412 e. The molecule has 0 spiro atoms. The summed E-state index contributed by atoms with van der Waals surface area (Å²) in [7, 11) is -3.39. The molecule has 0 aliphatic rings. The molecule has 0 unspecified atom stereocenters. The van der Waals surface area contributed by atoms with Crippen molar-refractivity contribution in [3.05, 3.63) is 23.3 Å². The molecule has 0 atom stereocenters. The second kappa shape index (κ2) is 12.2. The number of benzene rings is 1. The molecule has 0 fully saturated rings. The molecule has 0 saturated heterocycles. The minimum Gasteiger partial charge on any atom is -0.726 e. The van der Waals surface area contributed by atoms with E-state index in [4.69, 9.17) is 4.74 Å². The van der Waals surface area contributed by atoms with Crippen LogP contribution in [-0.4, -0.2) is 45.2 Å². The normalized spacial score (nSPS) is 10.9. The van der Waals surface area contributed by atoms with Gasteiger partial charge in [-0.2, -0.15) is 0 Å². The average Bonchev–Trinajstić information content (AvgIpc) is 2.54. The lowest BCUT2D eigenvalue weighted by molar-refractivity contribution is 0.200. The first-order valence-electron chi connectivity index (χ1n) is 8.17. The number of carbonyl (C=O) groups excluding carboxylic acids is 1. The average molecular weight is 408 g/mol. The van der Waals surface area contributed by atoms with E-state index in [0.717, 1.165) is 31.9 Å². The first-order valence-corrected chi connectivity index (χ1v) is 11.5. The van der Waals surface area contributed by atoms with E-state index in [1.807, 2.05) is 13.0 Å². The third-order valence-corrected chi connectivity index (χ3v) is 5.10. The van der Waals surface area contributed by atoms with Crippen LogP contribution < -0.4 is 10.1 Å². The maximum Gasteiger partial charge on any atom is 0.412 e. The Kier molecular flexibility index (Phi) is 11.6. The van der Waals surface area contributed by atoms with Crippen molar-refractivity contribution in [1.82, 2.24) is 5.32 Å². The molecule has 0 saturated carbocycles. The van der Waals surface area contributed by atoms with E-state index in [-0.39, 0.29) is 17.0 Å². The molecule has 150 valence electrons. The van der Waals surface area contributed by atoms with Gasteiger partial charge in [0.1, 0.15) is 18.3 Å². The number of nitrogens with one attached hydrogen (secondary N) is 1. The zero-order valence-corrected chi connectivity index (χ0v) is 17.9. The number of ether oxygens (including phenoxy) is 1. The molecular weight excluding hydrogens is 378 g/mol. The quantitative estimate of drug-likeness (QED) is 0.322. The summed E-state index contributed by atoms with van der Waals surface area (Å²) >= 11 is 0. The molecule has 1 N–H and O–H groups in total. The van der Waals surface area contributed by atoms with Crippen LogP contribution in [0.3, 0.4) is 0 Å². The van der Waals surface area contributed by atoms with Gasteiger partial charge in [-0.1, -0.05) is 19.8 Å². The highest BCUT2D eigenvalue weighted by molar-refractivity contribution is 7.95. The Morgan fingerprint density at radius 3 is 2.23 bits per heavy atom. The second-order valence-electron chi connectivity index (χ2n) is 5.80. The molecular formula is C17H29NO6S2. The Labute approximate surface area is 159 Å². The molecule has 0 aromatic heterocycles. The van der Waals surface area contributed by atoms with Gasteiger partial charge in [-0.25, -0.2) is 13.2 Å². The van der Waals surface area contributed by atoms with E-state index in [0.29, 0.717) is 12.3 Å². The highest BCUT2D eigenvalue weighted by atomic mass is 32.3. The minimum absolute atomic E-state index is 0.215. The van der Waals surface area contributed by atoms with Crippen LogP contribution in [0.25, 0.3) is 0 Å². The van der Waals surface area contributed by atoms with Crippen LogP contribution in [0, 0.1) is 13.8 Å². The van der Waals surface area contributed by atoms with Crippen LogP contribution in [0.1, 0.15) is 37.3 Å². The Morgan fingerprint density at radius 2 is 1.77 bits per heavy atom. The molecule has 0 bridgehead atoms. The summed E-state index contributed by atoms with van der Waals surface area (Å²) in [6.45, 7) is 6.86. The summed E-state index contributed by atoms with van der Waals surface area (Å²) in [5.41, 5.74) is 2.19. The van der Waals surface area contributed by atoms with Crippen LogP contribution in [0.15, 0.2) is 17.0 Å². The Balaban J connectivity index is 0.000000896. The van der Waals surface area contributed by atoms with Crippen molar-refractivity contribution in [3.8, 4) is 5.75 Å². The summed E-state index contributed by atoms with van der Waals surface area (Å²) in [5.74, 6) is 0.657. The van der Waals surface area contributed by atoms with Gasteiger partial charge in [-0.3, -0.25) is 4.18 Å². The zero-order chi connectivity index (χ0) is 20.3. The monoisotopic (exact) mass is 407 g/mol. The van der Waals surface area contributed by atoms with Gasteiger partial charge in [0.05, 0.1) is 7.11 Å². The number of hydrogen-bond acceptors (Lipinski definition) is 6. The maximum atomic E-state index is 11.7. The van der Waals surface area contributed by atoms with Gasteiger partial charge < -0.3 is 14.6 Å². The lowest BCUT2D eigenvalue weighted by Crippen LogP contribution is -2.28. The molecule has 0 heterocycles. The predicted molar refractivity (Wildman–Crippen MR) is 104 cm³/mol. The summed E-state index contributed by atoms with van der Waals surface area (Å²) < 4.78 is 36.4. The largest absolute Gasteiger partial charge is 0.726 e. The predicted octanol–water partition coefficient (Wildman–Crippen LogP) is 2.91. The van der Waals surface area contributed by atoms with E-state index in [2.05, 4.69) is 41.9 Å². The fourth-order valence-corrected chi connectivity index (χ4v) is 3.13. The van der Waals surface area contributed by atoms with Crippen LogP contribution >= 0.6 is 0 Å². The molecule has 7 nitrogen and oxygen atoms in total. The first-order chi connectivity index (χ1) is 12.0.